The summed E-state index contributed by atoms with van der Waals surface area (Å²) in [5.41, 5.74) is -0.859. The number of hydrogen-bond acceptors (Lipinski definition) is 5. The largest absolute Gasteiger partial charge is 0.487 e. The molecule has 1 amide bonds. The quantitative estimate of drug-likeness (QED) is 0.315. The number of halogens is 5. The lowest BCUT2D eigenvalue weighted by Gasteiger charge is -2.48. The van der Waals surface area contributed by atoms with Crippen LogP contribution >= 0.6 is 0 Å². The van der Waals surface area contributed by atoms with Gasteiger partial charge in [-0.15, -0.1) is 10.2 Å². The Balaban J connectivity index is 1.33. The maximum Gasteiger partial charge on any atom is 0.416 e. The first kappa shape index (κ1) is 26.0. The number of carbonyl (C=O) groups is 1. The minimum absolute atomic E-state index is 0.0855. The summed E-state index contributed by atoms with van der Waals surface area (Å²) < 4.78 is 77.8. The van der Waals surface area contributed by atoms with E-state index in [9.17, 15) is 26.7 Å². The highest BCUT2D eigenvalue weighted by Gasteiger charge is 2.57. The second-order valence-corrected chi connectivity index (χ2v) is 10.3. The molecule has 2 aliphatic rings. The van der Waals surface area contributed by atoms with Gasteiger partial charge in [-0.25, -0.2) is 13.8 Å². The zero-order valence-electron chi connectivity index (χ0n) is 21.2. The highest BCUT2D eigenvalue weighted by Crippen LogP contribution is 2.55. The fourth-order valence-electron chi connectivity index (χ4n) is 5.60. The molecule has 0 atom stereocenters. The van der Waals surface area contributed by atoms with E-state index >= 15 is 0 Å². The standard InChI is InChI=1S/C27H23F5N6O2/c1-37-15-35-36-23(37)8-25(12-26(28,29)13-25)16-3-2-4-18(5-16)38-10-21-20(24(38)39)6-19(7-22(21)27(30,31)32)40-11-17-9-33-14-34-17/h2-7,9,14-15H,8,10-13H2,1H3,(H,33,34). The first-order valence-corrected chi connectivity index (χ1v) is 12.4. The molecular formula is C27H23F5N6O2. The average molecular weight is 559 g/mol. The summed E-state index contributed by atoms with van der Waals surface area (Å²) in [4.78, 5) is 21.4. The van der Waals surface area contributed by atoms with E-state index < -0.39 is 41.8 Å². The summed E-state index contributed by atoms with van der Waals surface area (Å²) in [6.07, 6.45) is -0.912. The summed E-state index contributed by atoms with van der Waals surface area (Å²) in [7, 11) is 1.72. The minimum atomic E-state index is -4.73. The van der Waals surface area contributed by atoms with Gasteiger partial charge in [0.15, 0.2) is 0 Å². The van der Waals surface area contributed by atoms with E-state index in [1.807, 2.05) is 0 Å². The van der Waals surface area contributed by atoms with Gasteiger partial charge in [0.25, 0.3) is 5.91 Å². The summed E-state index contributed by atoms with van der Waals surface area (Å²) >= 11 is 0. The lowest BCUT2D eigenvalue weighted by atomic mass is 9.60. The predicted molar refractivity (Wildman–Crippen MR) is 132 cm³/mol. The van der Waals surface area contributed by atoms with Crippen molar-refractivity contribution in [2.75, 3.05) is 4.90 Å². The third-order valence-corrected chi connectivity index (χ3v) is 7.53. The second kappa shape index (κ2) is 9.14. The Morgan fingerprint density at radius 1 is 1.15 bits per heavy atom. The topological polar surface area (TPSA) is 88.9 Å². The van der Waals surface area contributed by atoms with Gasteiger partial charge in [0, 0.05) is 49.2 Å². The Bertz CT molecular complexity index is 1570. The molecule has 208 valence electrons. The molecule has 1 fully saturated rings. The normalized spacial score (nSPS) is 17.6. The third-order valence-electron chi connectivity index (χ3n) is 7.53. The Morgan fingerprint density at radius 2 is 1.95 bits per heavy atom. The molecule has 2 aromatic heterocycles. The average Bonchev–Trinajstić information content (AvgIpc) is 3.62. The zero-order valence-corrected chi connectivity index (χ0v) is 21.2. The molecule has 1 aliphatic carbocycles. The summed E-state index contributed by atoms with van der Waals surface area (Å²) in [6.45, 7) is -0.406. The van der Waals surface area contributed by atoms with Gasteiger partial charge in [-0.05, 0) is 35.4 Å². The number of ether oxygens (including phenoxy) is 1. The first-order chi connectivity index (χ1) is 18.9. The van der Waals surface area contributed by atoms with Crippen LogP contribution in [-0.4, -0.2) is 36.6 Å². The van der Waals surface area contributed by atoms with Crippen LogP contribution in [0.4, 0.5) is 27.6 Å². The van der Waals surface area contributed by atoms with Crippen LogP contribution in [0.1, 0.15) is 51.4 Å². The van der Waals surface area contributed by atoms with Crippen molar-refractivity contribution in [3.63, 3.8) is 0 Å². The number of carbonyl (C=O) groups excluding carboxylic acids is 1. The van der Waals surface area contributed by atoms with Crippen LogP contribution in [0.5, 0.6) is 5.75 Å². The number of aromatic nitrogens is 5. The first-order valence-electron chi connectivity index (χ1n) is 12.4. The van der Waals surface area contributed by atoms with E-state index in [1.54, 1.807) is 42.1 Å². The SMILES string of the molecule is Cn1cnnc1CC1(c2cccc(N3Cc4c(cc(OCc5c[nH]cn5)cc4C(F)(F)F)C3=O)c2)CC(F)(F)C1. The molecule has 2 aromatic carbocycles. The predicted octanol–water partition coefficient (Wildman–Crippen LogP) is 5.21. The number of amides is 1. The summed E-state index contributed by atoms with van der Waals surface area (Å²) in [6, 6.07) is 8.69. The number of aryl methyl sites for hydroxylation is 1. The molecule has 0 spiro atoms. The van der Waals surface area contributed by atoms with Crippen LogP contribution in [0.25, 0.3) is 0 Å². The number of alkyl halides is 5. The smallest absolute Gasteiger partial charge is 0.416 e. The molecule has 1 saturated carbocycles. The second-order valence-electron chi connectivity index (χ2n) is 10.3. The fraction of sp³-hybridized carbons (Fsp3) is 0.333. The van der Waals surface area contributed by atoms with E-state index in [0.29, 0.717) is 22.8 Å². The molecule has 0 bridgehead atoms. The van der Waals surface area contributed by atoms with Crippen molar-refractivity contribution in [1.82, 2.24) is 24.7 Å². The number of hydrogen-bond donors (Lipinski definition) is 1. The van der Waals surface area contributed by atoms with Crippen LogP contribution in [0.15, 0.2) is 55.2 Å². The molecule has 8 nitrogen and oxygen atoms in total. The molecule has 0 radical (unpaired) electrons. The number of anilines is 1. The van der Waals surface area contributed by atoms with Crippen molar-refractivity contribution in [3.8, 4) is 5.75 Å². The molecule has 3 heterocycles. The van der Waals surface area contributed by atoms with Gasteiger partial charge in [0.1, 0.15) is 24.5 Å². The van der Waals surface area contributed by atoms with E-state index in [4.69, 9.17) is 4.74 Å². The van der Waals surface area contributed by atoms with Crippen LogP contribution < -0.4 is 9.64 Å². The molecule has 13 heteroatoms. The molecule has 4 aromatic rings. The lowest BCUT2D eigenvalue weighted by Crippen LogP contribution is -2.51. The molecule has 1 aliphatic heterocycles. The molecule has 1 N–H and O–H groups in total. The van der Waals surface area contributed by atoms with Crippen LogP contribution in [0.3, 0.4) is 0 Å². The van der Waals surface area contributed by atoms with Gasteiger partial charge in [-0.2, -0.15) is 13.2 Å². The summed E-state index contributed by atoms with van der Waals surface area (Å²) in [5.74, 6) is -3.08. The highest BCUT2D eigenvalue weighted by atomic mass is 19.4. The van der Waals surface area contributed by atoms with Gasteiger partial charge in [0.2, 0.25) is 5.92 Å². The van der Waals surface area contributed by atoms with Gasteiger partial charge < -0.3 is 19.2 Å². The van der Waals surface area contributed by atoms with E-state index in [2.05, 4.69) is 20.2 Å². The van der Waals surface area contributed by atoms with Crippen molar-refractivity contribution < 1.29 is 31.5 Å². The Hall–Kier alpha value is -4.29. The van der Waals surface area contributed by atoms with E-state index in [1.165, 1.54) is 23.6 Å². The summed E-state index contributed by atoms with van der Waals surface area (Å²) in [5, 5.41) is 7.88. The van der Waals surface area contributed by atoms with Crippen LogP contribution in [-0.2, 0) is 38.2 Å². The number of rotatable bonds is 7. The van der Waals surface area contributed by atoms with Crippen LogP contribution in [0.2, 0.25) is 0 Å². The third kappa shape index (κ3) is 4.58. The lowest BCUT2D eigenvalue weighted by molar-refractivity contribution is -0.138. The van der Waals surface area contributed by atoms with E-state index in [0.717, 1.165) is 6.07 Å². The Labute approximate surface area is 224 Å². The number of H-pyrrole nitrogens is 1. The van der Waals surface area contributed by atoms with Crippen molar-refractivity contribution in [2.24, 2.45) is 7.05 Å². The molecule has 0 saturated heterocycles. The number of nitrogens with zero attached hydrogens (tertiary/aromatic N) is 5. The molecule has 0 unspecified atom stereocenters. The van der Waals surface area contributed by atoms with Gasteiger partial charge >= 0.3 is 6.18 Å². The van der Waals surface area contributed by atoms with Gasteiger partial charge in [-0.1, -0.05) is 12.1 Å². The molecule has 6 rings (SSSR count). The minimum Gasteiger partial charge on any atom is -0.487 e. The monoisotopic (exact) mass is 558 g/mol. The van der Waals surface area contributed by atoms with Crippen molar-refractivity contribution in [3.05, 3.63) is 89.0 Å². The number of fused-ring (bicyclic) bond motifs is 1. The Kier molecular flexibility index (Phi) is 5.93. The van der Waals surface area contributed by atoms with Crippen molar-refractivity contribution in [1.29, 1.82) is 0 Å². The maximum atomic E-state index is 14.2. The fourth-order valence-corrected chi connectivity index (χ4v) is 5.60. The molecular weight excluding hydrogens is 535 g/mol. The zero-order chi connectivity index (χ0) is 28.3. The van der Waals surface area contributed by atoms with E-state index in [-0.39, 0.29) is 36.4 Å². The van der Waals surface area contributed by atoms with Gasteiger partial charge in [-0.3, -0.25) is 4.79 Å². The number of imidazole rings is 1. The maximum absolute atomic E-state index is 14.2. The molecule has 40 heavy (non-hydrogen) atoms. The van der Waals surface area contributed by atoms with Crippen molar-refractivity contribution >= 4 is 11.6 Å². The van der Waals surface area contributed by atoms with Gasteiger partial charge in [0.05, 0.1) is 24.1 Å². The van der Waals surface area contributed by atoms with Crippen molar-refractivity contribution in [2.45, 2.75) is 49.9 Å². The number of benzene rings is 2. The van der Waals surface area contributed by atoms with Crippen LogP contribution in [0, 0.1) is 0 Å². The highest BCUT2D eigenvalue weighted by molar-refractivity contribution is 6.10. The number of aromatic amines is 1. The Morgan fingerprint density at radius 3 is 2.60 bits per heavy atom. The number of nitrogens with one attached hydrogen (secondary N) is 1.